The molecule has 35 heavy (non-hydrogen) atoms. The topological polar surface area (TPSA) is 73.9 Å². The third kappa shape index (κ3) is 7.48. The fourth-order valence-corrected chi connectivity index (χ4v) is 4.96. The lowest BCUT2D eigenvalue weighted by Gasteiger charge is -2.36. The molecular weight excluding hydrogens is 460 g/mol. The molecule has 2 aliphatic rings. The molecular formula is C27H44N4O3S. The normalized spacial score (nSPS) is 19.1. The van der Waals surface area contributed by atoms with Crippen molar-refractivity contribution in [1.82, 2.24) is 20.6 Å². The fourth-order valence-electron chi connectivity index (χ4n) is 4.18. The summed E-state index contributed by atoms with van der Waals surface area (Å²) in [5.74, 6) is -0.0647. The van der Waals surface area contributed by atoms with Crippen molar-refractivity contribution in [3.63, 3.8) is 0 Å². The van der Waals surface area contributed by atoms with E-state index in [9.17, 15) is 9.59 Å². The van der Waals surface area contributed by atoms with Crippen LogP contribution in [0.3, 0.4) is 0 Å². The lowest BCUT2D eigenvalue weighted by molar-refractivity contribution is -0.142. The quantitative estimate of drug-likeness (QED) is 0.512. The first kappa shape index (κ1) is 29.2. The highest BCUT2D eigenvalue weighted by atomic mass is 32.2. The molecule has 196 valence electrons. The van der Waals surface area contributed by atoms with Crippen LogP contribution in [0.5, 0.6) is 0 Å². The van der Waals surface area contributed by atoms with Gasteiger partial charge in [0.2, 0.25) is 11.8 Å². The predicted octanol–water partition coefficient (Wildman–Crippen LogP) is 4.95. The second-order valence-electron chi connectivity index (χ2n) is 10.3. The van der Waals surface area contributed by atoms with Crippen molar-refractivity contribution in [2.24, 2.45) is 5.41 Å². The van der Waals surface area contributed by atoms with Crippen LogP contribution < -0.4 is 10.6 Å². The number of hydroxylamine groups is 2. The minimum Gasteiger partial charge on any atom is -0.350 e. The number of benzene rings is 1. The van der Waals surface area contributed by atoms with E-state index in [-0.39, 0.29) is 29.3 Å². The number of hydrogen-bond donors (Lipinski definition) is 2. The molecule has 2 aliphatic heterocycles. The van der Waals surface area contributed by atoms with Crippen molar-refractivity contribution in [1.29, 1.82) is 0 Å². The Morgan fingerprint density at radius 1 is 1.17 bits per heavy atom. The minimum atomic E-state index is -0.411. The van der Waals surface area contributed by atoms with Crippen LogP contribution >= 0.6 is 12.0 Å². The number of likely N-dealkylation sites (tertiary alicyclic amines) is 1. The first-order valence-corrected chi connectivity index (χ1v) is 13.5. The third-order valence-electron chi connectivity index (χ3n) is 6.17. The van der Waals surface area contributed by atoms with E-state index in [0.29, 0.717) is 19.5 Å². The van der Waals surface area contributed by atoms with E-state index >= 15 is 0 Å². The van der Waals surface area contributed by atoms with Crippen molar-refractivity contribution in [3.05, 3.63) is 41.1 Å². The van der Waals surface area contributed by atoms with E-state index in [2.05, 4.69) is 31.4 Å². The maximum Gasteiger partial charge on any atom is 0.243 e. The number of nitrogens with one attached hydrogen (secondary N) is 2. The van der Waals surface area contributed by atoms with Crippen molar-refractivity contribution in [2.45, 2.75) is 92.9 Å². The highest BCUT2D eigenvalue weighted by Gasteiger charge is 2.41. The zero-order valence-electron chi connectivity index (χ0n) is 22.9. The van der Waals surface area contributed by atoms with Gasteiger partial charge in [0.25, 0.3) is 0 Å². The Bertz CT molecular complexity index is 893. The third-order valence-corrected chi connectivity index (χ3v) is 7.16. The molecule has 0 spiro atoms. The zero-order valence-corrected chi connectivity index (χ0v) is 23.7. The van der Waals surface area contributed by atoms with Gasteiger partial charge in [0, 0.05) is 26.2 Å². The summed E-state index contributed by atoms with van der Waals surface area (Å²) in [6.45, 7) is 17.4. The summed E-state index contributed by atoms with van der Waals surface area (Å²) in [5.41, 5.74) is 2.95. The van der Waals surface area contributed by atoms with Crippen molar-refractivity contribution in [3.8, 4) is 0 Å². The Morgan fingerprint density at radius 3 is 2.31 bits per heavy atom. The van der Waals surface area contributed by atoms with Gasteiger partial charge >= 0.3 is 0 Å². The van der Waals surface area contributed by atoms with Gasteiger partial charge in [-0.15, -0.1) is 0 Å². The van der Waals surface area contributed by atoms with Gasteiger partial charge in [0.05, 0.1) is 28.7 Å². The van der Waals surface area contributed by atoms with Crippen LogP contribution in [-0.2, 0) is 20.4 Å². The molecule has 1 aromatic carbocycles. The molecule has 2 amide bonds. The van der Waals surface area contributed by atoms with E-state index in [1.165, 1.54) is 12.0 Å². The number of hydrogen-bond acceptors (Lipinski definition) is 6. The van der Waals surface area contributed by atoms with Gasteiger partial charge in [0.1, 0.15) is 6.04 Å². The largest absolute Gasteiger partial charge is 0.350 e. The van der Waals surface area contributed by atoms with Crippen LogP contribution in [0, 0.1) is 5.41 Å². The number of amides is 2. The average molecular weight is 505 g/mol. The van der Waals surface area contributed by atoms with Gasteiger partial charge in [-0.25, -0.2) is 5.06 Å². The highest BCUT2D eigenvalue weighted by molar-refractivity contribution is 8.04. The summed E-state index contributed by atoms with van der Waals surface area (Å²) in [4.78, 5) is 29.3. The Labute approximate surface area is 216 Å². The van der Waals surface area contributed by atoms with Gasteiger partial charge in [-0.3, -0.25) is 9.59 Å². The van der Waals surface area contributed by atoms with Crippen LogP contribution in [0.25, 0.3) is 4.91 Å². The Balaban J connectivity index is 0.00000210. The van der Waals surface area contributed by atoms with Gasteiger partial charge in [-0.2, -0.15) is 4.28 Å². The SMILES string of the molecule is CC.CC1=C(c2ccc(CNC(=O)[C@@H]3CCCN3C(=O)C(NC(C)C)C(C)(C)C)cc2)SON1C. The Kier molecular flexibility index (Phi) is 10.7. The summed E-state index contributed by atoms with van der Waals surface area (Å²) in [6, 6.07) is 7.59. The lowest BCUT2D eigenvalue weighted by atomic mass is 9.85. The van der Waals surface area contributed by atoms with Crippen LogP contribution in [0.2, 0.25) is 0 Å². The molecule has 0 radical (unpaired) electrons. The second kappa shape index (κ2) is 12.8. The van der Waals surface area contributed by atoms with E-state index in [0.717, 1.165) is 28.1 Å². The number of rotatable bonds is 7. The van der Waals surface area contributed by atoms with Gasteiger partial charge < -0.3 is 15.5 Å². The molecule has 8 heteroatoms. The first-order valence-electron chi connectivity index (χ1n) is 12.7. The van der Waals surface area contributed by atoms with Crippen LogP contribution in [0.4, 0.5) is 0 Å². The fraction of sp³-hybridized carbons (Fsp3) is 0.630. The Hall–Kier alpha value is -2.03. The molecule has 3 rings (SSSR count). The smallest absolute Gasteiger partial charge is 0.243 e. The summed E-state index contributed by atoms with van der Waals surface area (Å²) in [5, 5.41) is 8.21. The van der Waals surface area contributed by atoms with Gasteiger partial charge in [0.15, 0.2) is 0 Å². The predicted molar refractivity (Wildman–Crippen MR) is 145 cm³/mol. The number of nitrogens with zero attached hydrogens (tertiary/aromatic N) is 2. The number of carbonyl (C=O) groups is 2. The standard InChI is InChI=1S/C25H38N4O3S.C2H6/c1-16(2)27-22(25(4,5)6)24(31)29-14-8-9-20(29)23(30)26-15-18-10-12-19(13-11-18)21-17(3)28(7)32-33-21;1-2/h10-13,16,20,22,27H,8-9,14-15H2,1-7H3,(H,26,30);1-2H3/t20-,22?;/m0./s1. The summed E-state index contributed by atoms with van der Waals surface area (Å²) >= 11 is 1.36. The van der Waals surface area contributed by atoms with Crippen molar-refractivity contribution in [2.75, 3.05) is 13.6 Å². The molecule has 2 atom stereocenters. The van der Waals surface area contributed by atoms with Crippen molar-refractivity contribution >= 4 is 28.8 Å². The molecule has 2 N–H and O–H groups in total. The van der Waals surface area contributed by atoms with Gasteiger partial charge in [-0.05, 0) is 36.3 Å². The molecule has 1 aromatic rings. The number of allylic oxidation sites excluding steroid dienone is 1. The van der Waals surface area contributed by atoms with Crippen LogP contribution in [0.1, 0.15) is 79.4 Å². The summed E-state index contributed by atoms with van der Waals surface area (Å²) in [7, 11) is 1.89. The second-order valence-corrected chi connectivity index (χ2v) is 11.0. The minimum absolute atomic E-state index is 0.0168. The molecule has 7 nitrogen and oxygen atoms in total. The molecule has 0 aliphatic carbocycles. The van der Waals surface area contributed by atoms with Crippen LogP contribution in [0.15, 0.2) is 30.0 Å². The Morgan fingerprint density at radius 2 is 1.80 bits per heavy atom. The maximum absolute atomic E-state index is 13.4. The zero-order chi connectivity index (χ0) is 26.3. The summed E-state index contributed by atoms with van der Waals surface area (Å²) < 4.78 is 5.47. The summed E-state index contributed by atoms with van der Waals surface area (Å²) in [6.07, 6.45) is 1.55. The highest BCUT2D eigenvalue weighted by Crippen LogP contribution is 2.39. The first-order chi connectivity index (χ1) is 16.5. The van der Waals surface area contributed by atoms with E-state index in [1.54, 1.807) is 9.96 Å². The maximum atomic E-state index is 13.4. The van der Waals surface area contributed by atoms with Gasteiger partial charge in [-0.1, -0.05) is 72.7 Å². The molecule has 0 aromatic heterocycles. The molecule has 1 fully saturated rings. The lowest BCUT2D eigenvalue weighted by Crippen LogP contribution is -2.57. The molecule has 1 saturated heterocycles. The molecule has 2 heterocycles. The number of carbonyl (C=O) groups excluding carboxylic acids is 2. The molecule has 1 unspecified atom stereocenters. The van der Waals surface area contributed by atoms with E-state index in [1.807, 2.05) is 65.9 Å². The van der Waals surface area contributed by atoms with E-state index < -0.39 is 6.04 Å². The monoisotopic (exact) mass is 504 g/mol. The molecule has 0 saturated carbocycles. The van der Waals surface area contributed by atoms with E-state index in [4.69, 9.17) is 4.28 Å². The van der Waals surface area contributed by atoms with Crippen molar-refractivity contribution < 1.29 is 13.9 Å². The van der Waals surface area contributed by atoms with Crippen LogP contribution in [-0.4, -0.2) is 53.5 Å². The average Bonchev–Trinajstić information content (AvgIpc) is 3.44. The molecule has 0 bridgehead atoms.